The van der Waals surface area contributed by atoms with E-state index in [1.807, 2.05) is 42.2 Å². The Bertz CT molecular complexity index is 1100. The summed E-state index contributed by atoms with van der Waals surface area (Å²) >= 11 is 0. The van der Waals surface area contributed by atoms with Crippen molar-refractivity contribution in [3.05, 3.63) is 54.1 Å². The molecule has 0 radical (unpaired) electrons. The standard InChI is InChI=1S/C25H34N4O4S/c1-3-4-10-24(30)27-21-11-12-22(29-15-13-20(14-16-29)25(26)31)23(17-21)34(32,33)28-18(2)19-8-6-5-7-9-19/h5-9,11-12,17-18,20,28H,3-4,10,13-16H2,1-2H3,(H2,26,31)(H,27,30)/t18-/m0/s1. The second-order valence-electron chi connectivity index (χ2n) is 8.75. The van der Waals surface area contributed by atoms with Crippen molar-refractivity contribution in [3.63, 3.8) is 0 Å². The Morgan fingerprint density at radius 1 is 1.12 bits per heavy atom. The van der Waals surface area contributed by atoms with E-state index in [0.717, 1.165) is 18.4 Å². The summed E-state index contributed by atoms with van der Waals surface area (Å²) < 4.78 is 29.8. The van der Waals surface area contributed by atoms with Gasteiger partial charge in [0.05, 0.1) is 5.69 Å². The normalized spacial score (nSPS) is 15.6. The van der Waals surface area contributed by atoms with Crippen molar-refractivity contribution in [2.75, 3.05) is 23.3 Å². The minimum Gasteiger partial charge on any atom is -0.370 e. The number of nitrogens with zero attached hydrogens (tertiary/aromatic N) is 1. The molecular weight excluding hydrogens is 452 g/mol. The molecule has 1 saturated heterocycles. The fourth-order valence-corrected chi connectivity index (χ4v) is 5.62. The van der Waals surface area contributed by atoms with Crippen LogP contribution in [0.3, 0.4) is 0 Å². The molecule has 2 aromatic carbocycles. The van der Waals surface area contributed by atoms with Gasteiger partial charge in [0.25, 0.3) is 0 Å². The van der Waals surface area contributed by atoms with Crippen molar-refractivity contribution in [2.24, 2.45) is 11.7 Å². The minimum absolute atomic E-state index is 0.0982. The van der Waals surface area contributed by atoms with E-state index in [-0.39, 0.29) is 22.6 Å². The summed E-state index contributed by atoms with van der Waals surface area (Å²) in [5, 5.41) is 2.82. The molecule has 0 saturated carbocycles. The summed E-state index contributed by atoms with van der Waals surface area (Å²) in [6.45, 7) is 4.84. The zero-order valence-corrected chi connectivity index (χ0v) is 20.6. The number of rotatable bonds is 10. The first kappa shape index (κ1) is 25.7. The van der Waals surface area contributed by atoms with Crippen LogP contribution in [0, 0.1) is 5.92 Å². The summed E-state index contributed by atoms with van der Waals surface area (Å²) in [7, 11) is -3.93. The fourth-order valence-electron chi connectivity index (χ4n) is 4.14. The molecule has 4 N–H and O–H groups in total. The van der Waals surface area contributed by atoms with E-state index in [9.17, 15) is 18.0 Å². The van der Waals surface area contributed by atoms with Crippen LogP contribution in [0.25, 0.3) is 0 Å². The number of carbonyl (C=O) groups excluding carboxylic acids is 2. The van der Waals surface area contributed by atoms with Gasteiger partial charge in [-0.1, -0.05) is 43.7 Å². The lowest BCUT2D eigenvalue weighted by atomic mass is 9.96. The number of nitrogens with one attached hydrogen (secondary N) is 2. The summed E-state index contributed by atoms with van der Waals surface area (Å²) in [5.74, 6) is -0.675. The number of sulfonamides is 1. The van der Waals surface area contributed by atoms with Gasteiger partial charge in [-0.05, 0) is 49.9 Å². The van der Waals surface area contributed by atoms with E-state index in [1.165, 1.54) is 6.07 Å². The Morgan fingerprint density at radius 3 is 2.41 bits per heavy atom. The highest BCUT2D eigenvalue weighted by molar-refractivity contribution is 7.89. The molecule has 2 amide bonds. The van der Waals surface area contributed by atoms with E-state index in [0.29, 0.717) is 43.7 Å². The van der Waals surface area contributed by atoms with Gasteiger partial charge in [0.15, 0.2) is 0 Å². The van der Waals surface area contributed by atoms with Crippen LogP contribution in [0.5, 0.6) is 0 Å². The Balaban J connectivity index is 1.91. The van der Waals surface area contributed by atoms with Gasteiger partial charge in [0.2, 0.25) is 21.8 Å². The molecule has 1 aliphatic rings. The monoisotopic (exact) mass is 486 g/mol. The van der Waals surface area contributed by atoms with E-state index in [2.05, 4.69) is 10.0 Å². The molecule has 1 aliphatic heterocycles. The molecule has 0 bridgehead atoms. The van der Waals surface area contributed by atoms with Crippen molar-refractivity contribution in [1.82, 2.24) is 4.72 Å². The number of amides is 2. The molecule has 0 aromatic heterocycles. The molecule has 0 unspecified atom stereocenters. The number of nitrogens with two attached hydrogens (primary N) is 1. The van der Waals surface area contributed by atoms with Gasteiger partial charge in [-0.3, -0.25) is 9.59 Å². The quantitative estimate of drug-likeness (QED) is 0.474. The van der Waals surface area contributed by atoms with Crippen LogP contribution < -0.4 is 20.7 Å². The summed E-state index contributed by atoms with van der Waals surface area (Å²) in [6.07, 6.45) is 3.18. The van der Waals surface area contributed by atoms with Crippen LogP contribution >= 0.6 is 0 Å². The lowest BCUT2D eigenvalue weighted by molar-refractivity contribution is -0.122. The van der Waals surface area contributed by atoms with E-state index >= 15 is 0 Å². The maximum absolute atomic E-state index is 13.5. The topological polar surface area (TPSA) is 122 Å². The van der Waals surface area contributed by atoms with Gasteiger partial charge in [-0.25, -0.2) is 13.1 Å². The number of carbonyl (C=O) groups is 2. The number of benzene rings is 2. The van der Waals surface area contributed by atoms with Gasteiger partial charge >= 0.3 is 0 Å². The minimum atomic E-state index is -3.93. The van der Waals surface area contributed by atoms with Crippen LogP contribution in [-0.2, 0) is 19.6 Å². The summed E-state index contributed by atoms with van der Waals surface area (Å²) in [6, 6.07) is 13.9. The number of hydrogen-bond acceptors (Lipinski definition) is 5. The fraction of sp³-hybridized carbons (Fsp3) is 0.440. The second kappa shape index (κ2) is 11.5. The first-order chi connectivity index (χ1) is 16.2. The van der Waals surface area contributed by atoms with E-state index in [4.69, 9.17) is 5.73 Å². The third-order valence-corrected chi connectivity index (χ3v) is 7.73. The average molecular weight is 487 g/mol. The van der Waals surface area contributed by atoms with Crippen molar-refractivity contribution in [2.45, 2.75) is 56.9 Å². The van der Waals surface area contributed by atoms with Gasteiger partial charge in [-0.15, -0.1) is 0 Å². The molecule has 1 fully saturated rings. The number of piperidine rings is 1. The van der Waals surface area contributed by atoms with Gasteiger partial charge < -0.3 is 16.0 Å². The molecule has 2 aromatic rings. The molecule has 1 atom stereocenters. The zero-order valence-electron chi connectivity index (χ0n) is 19.8. The Labute approximate surface area is 202 Å². The SMILES string of the molecule is CCCCC(=O)Nc1ccc(N2CCC(C(N)=O)CC2)c(S(=O)(=O)N[C@@H](C)c2ccccc2)c1. The van der Waals surface area contributed by atoms with Crippen molar-refractivity contribution < 1.29 is 18.0 Å². The second-order valence-corrected chi connectivity index (χ2v) is 10.4. The molecule has 3 rings (SSSR count). The molecule has 9 heteroatoms. The van der Waals surface area contributed by atoms with Gasteiger partial charge in [0, 0.05) is 37.2 Å². The Kier molecular flexibility index (Phi) is 8.68. The van der Waals surface area contributed by atoms with Crippen LogP contribution in [0.1, 0.15) is 57.6 Å². The maximum atomic E-state index is 13.5. The van der Waals surface area contributed by atoms with Crippen molar-refractivity contribution >= 4 is 33.2 Å². The van der Waals surface area contributed by atoms with Crippen LogP contribution in [0.4, 0.5) is 11.4 Å². The van der Waals surface area contributed by atoms with E-state index < -0.39 is 16.1 Å². The third kappa shape index (κ3) is 6.57. The summed E-state index contributed by atoms with van der Waals surface area (Å²) in [5.41, 5.74) is 7.28. The molecule has 184 valence electrons. The lowest BCUT2D eigenvalue weighted by Gasteiger charge is -2.33. The molecule has 1 heterocycles. The molecule has 34 heavy (non-hydrogen) atoms. The van der Waals surface area contributed by atoms with Crippen LogP contribution in [-0.4, -0.2) is 33.3 Å². The zero-order chi connectivity index (χ0) is 24.7. The smallest absolute Gasteiger partial charge is 0.243 e. The van der Waals surface area contributed by atoms with Gasteiger partial charge in [0.1, 0.15) is 4.90 Å². The highest BCUT2D eigenvalue weighted by atomic mass is 32.2. The number of primary amides is 1. The predicted octanol–water partition coefficient (Wildman–Crippen LogP) is 3.56. The highest BCUT2D eigenvalue weighted by Crippen LogP contribution is 2.32. The number of anilines is 2. The van der Waals surface area contributed by atoms with Gasteiger partial charge in [-0.2, -0.15) is 0 Å². The van der Waals surface area contributed by atoms with Crippen molar-refractivity contribution in [3.8, 4) is 0 Å². The third-order valence-electron chi connectivity index (χ3n) is 6.16. The average Bonchev–Trinajstić information content (AvgIpc) is 2.83. The Hall–Kier alpha value is -2.91. The predicted molar refractivity (Wildman–Crippen MR) is 134 cm³/mol. The van der Waals surface area contributed by atoms with Crippen molar-refractivity contribution in [1.29, 1.82) is 0 Å². The first-order valence-corrected chi connectivity index (χ1v) is 13.2. The maximum Gasteiger partial charge on any atom is 0.243 e. The highest BCUT2D eigenvalue weighted by Gasteiger charge is 2.29. The van der Waals surface area contributed by atoms with E-state index in [1.54, 1.807) is 19.1 Å². The molecular formula is C25H34N4O4S. The van der Waals surface area contributed by atoms with Crippen LogP contribution in [0.15, 0.2) is 53.4 Å². The number of hydrogen-bond donors (Lipinski definition) is 3. The first-order valence-electron chi connectivity index (χ1n) is 11.8. The molecule has 8 nitrogen and oxygen atoms in total. The number of unbranched alkanes of at least 4 members (excludes halogenated alkanes) is 1. The van der Waals surface area contributed by atoms with Crippen LogP contribution in [0.2, 0.25) is 0 Å². The molecule has 0 spiro atoms. The lowest BCUT2D eigenvalue weighted by Crippen LogP contribution is -2.39. The molecule has 0 aliphatic carbocycles. The largest absolute Gasteiger partial charge is 0.370 e. The Morgan fingerprint density at radius 2 is 1.79 bits per heavy atom. The summed E-state index contributed by atoms with van der Waals surface area (Å²) in [4.78, 5) is 25.9.